The smallest absolute Gasteiger partial charge is 0.138 e. The van der Waals surface area contributed by atoms with Gasteiger partial charge in [-0.1, -0.05) is 6.07 Å². The number of ether oxygens (including phenoxy) is 1. The zero-order chi connectivity index (χ0) is 14.4. The molecule has 0 fully saturated rings. The Hall–Kier alpha value is -1.72. The lowest BCUT2D eigenvalue weighted by Gasteiger charge is -2.26. The molecule has 108 valence electrons. The third kappa shape index (κ3) is 4.43. The normalized spacial score (nSPS) is 18.2. The van der Waals surface area contributed by atoms with Crippen LogP contribution in [0.2, 0.25) is 0 Å². The van der Waals surface area contributed by atoms with Gasteiger partial charge in [0.05, 0.1) is 12.3 Å². The second-order valence-electron chi connectivity index (χ2n) is 5.34. The van der Waals surface area contributed by atoms with Gasteiger partial charge in [0, 0.05) is 43.7 Å². The highest BCUT2D eigenvalue weighted by Crippen LogP contribution is 2.19. The predicted octanol–water partition coefficient (Wildman–Crippen LogP) is 1.82. The third-order valence-electron chi connectivity index (χ3n) is 2.95. The fraction of sp³-hybridized carbons (Fsp3) is 0.467. The summed E-state index contributed by atoms with van der Waals surface area (Å²) in [7, 11) is 0. The van der Waals surface area contributed by atoms with Crippen molar-refractivity contribution in [3.63, 3.8) is 0 Å². The number of rotatable bonds is 6. The minimum Gasteiger partial charge on any atom is -0.485 e. The van der Waals surface area contributed by atoms with Gasteiger partial charge in [0.1, 0.15) is 11.4 Å². The van der Waals surface area contributed by atoms with Crippen LogP contribution >= 0.6 is 0 Å². The molecule has 0 radical (unpaired) electrons. The van der Waals surface area contributed by atoms with E-state index in [4.69, 9.17) is 4.74 Å². The summed E-state index contributed by atoms with van der Waals surface area (Å²) in [4.78, 5) is 8.17. The average molecular weight is 275 g/mol. The van der Waals surface area contributed by atoms with Gasteiger partial charge >= 0.3 is 0 Å². The van der Waals surface area contributed by atoms with Gasteiger partial charge in [-0.15, -0.1) is 0 Å². The minimum absolute atomic E-state index is 0.334. The Balaban J connectivity index is 1.70. The second kappa shape index (κ2) is 6.63. The summed E-state index contributed by atoms with van der Waals surface area (Å²) >= 11 is 0. The maximum absolute atomic E-state index is 9.97. The van der Waals surface area contributed by atoms with E-state index < -0.39 is 6.10 Å². The van der Waals surface area contributed by atoms with Gasteiger partial charge in [-0.3, -0.25) is 9.98 Å². The Labute approximate surface area is 119 Å². The molecule has 0 unspecified atom stereocenters. The molecule has 20 heavy (non-hydrogen) atoms. The number of hydrogen-bond acceptors (Lipinski definition) is 5. The van der Waals surface area contributed by atoms with Crippen molar-refractivity contribution in [2.45, 2.75) is 32.0 Å². The van der Waals surface area contributed by atoms with Crippen LogP contribution < -0.4 is 5.32 Å². The van der Waals surface area contributed by atoms with Crippen LogP contribution in [0.5, 0.6) is 0 Å². The van der Waals surface area contributed by atoms with Crippen LogP contribution in [0.25, 0.3) is 0 Å². The molecular formula is C15H21N3O2. The SMILES string of the molecule is CC1(C)C=NC=C(CCNC[C@H](O)c2cccnc2)O1. The molecular weight excluding hydrogens is 254 g/mol. The van der Waals surface area contributed by atoms with E-state index in [1.807, 2.05) is 26.0 Å². The molecule has 1 aromatic heterocycles. The minimum atomic E-state index is -0.542. The predicted molar refractivity (Wildman–Crippen MR) is 78.4 cm³/mol. The first-order valence-corrected chi connectivity index (χ1v) is 6.78. The lowest BCUT2D eigenvalue weighted by atomic mass is 10.1. The van der Waals surface area contributed by atoms with Crippen molar-refractivity contribution in [3.8, 4) is 0 Å². The Morgan fingerprint density at radius 1 is 1.45 bits per heavy atom. The highest BCUT2D eigenvalue weighted by Gasteiger charge is 2.20. The van der Waals surface area contributed by atoms with E-state index in [0.29, 0.717) is 6.54 Å². The molecule has 0 saturated heterocycles. The molecule has 1 atom stereocenters. The largest absolute Gasteiger partial charge is 0.485 e. The summed E-state index contributed by atoms with van der Waals surface area (Å²) in [5.41, 5.74) is 0.484. The van der Waals surface area contributed by atoms with Gasteiger partial charge < -0.3 is 15.2 Å². The number of nitrogens with zero attached hydrogens (tertiary/aromatic N) is 2. The molecule has 2 heterocycles. The van der Waals surface area contributed by atoms with E-state index in [1.54, 1.807) is 24.8 Å². The molecule has 5 heteroatoms. The molecule has 0 bridgehead atoms. The number of aliphatic hydroxyl groups excluding tert-OH is 1. The van der Waals surface area contributed by atoms with Crippen molar-refractivity contribution in [1.29, 1.82) is 0 Å². The van der Waals surface area contributed by atoms with E-state index >= 15 is 0 Å². The van der Waals surface area contributed by atoms with Crippen molar-refractivity contribution >= 4 is 6.21 Å². The summed E-state index contributed by atoms with van der Waals surface area (Å²) in [6.45, 7) is 5.17. The van der Waals surface area contributed by atoms with Crippen LogP contribution in [0.1, 0.15) is 31.9 Å². The van der Waals surface area contributed by atoms with E-state index in [-0.39, 0.29) is 5.60 Å². The summed E-state index contributed by atoms with van der Waals surface area (Å²) in [6, 6.07) is 3.68. The number of aromatic nitrogens is 1. The van der Waals surface area contributed by atoms with Crippen LogP contribution in [0.15, 0.2) is 41.5 Å². The molecule has 1 aliphatic heterocycles. The highest BCUT2D eigenvalue weighted by molar-refractivity contribution is 5.69. The zero-order valence-electron chi connectivity index (χ0n) is 11.9. The molecule has 1 aliphatic rings. The lowest BCUT2D eigenvalue weighted by Crippen LogP contribution is -2.29. The molecule has 1 aromatic rings. The third-order valence-corrected chi connectivity index (χ3v) is 2.95. The second-order valence-corrected chi connectivity index (χ2v) is 5.34. The number of nitrogens with one attached hydrogen (secondary N) is 1. The topological polar surface area (TPSA) is 66.7 Å². The maximum atomic E-state index is 9.97. The molecule has 5 nitrogen and oxygen atoms in total. The van der Waals surface area contributed by atoms with Crippen molar-refractivity contribution in [1.82, 2.24) is 10.3 Å². The molecule has 0 aromatic carbocycles. The van der Waals surface area contributed by atoms with E-state index in [9.17, 15) is 5.11 Å². The Bertz CT molecular complexity index is 483. The number of pyridine rings is 1. The van der Waals surface area contributed by atoms with Crippen LogP contribution in [-0.2, 0) is 4.74 Å². The van der Waals surface area contributed by atoms with E-state index in [0.717, 1.165) is 24.3 Å². The van der Waals surface area contributed by atoms with E-state index in [2.05, 4.69) is 15.3 Å². The van der Waals surface area contributed by atoms with Crippen molar-refractivity contribution in [2.24, 2.45) is 4.99 Å². The number of aliphatic hydroxyl groups is 1. The van der Waals surface area contributed by atoms with Crippen LogP contribution in [0.4, 0.5) is 0 Å². The summed E-state index contributed by atoms with van der Waals surface area (Å²) < 4.78 is 5.76. The number of aliphatic imine (C=N–C) groups is 1. The Kier molecular flexibility index (Phi) is 4.87. The van der Waals surface area contributed by atoms with Crippen LogP contribution in [-0.4, -0.2) is 35.0 Å². The molecule has 0 aliphatic carbocycles. The number of hydrogen-bond donors (Lipinski definition) is 2. The Morgan fingerprint density at radius 3 is 3.00 bits per heavy atom. The first-order valence-electron chi connectivity index (χ1n) is 6.78. The first-order chi connectivity index (χ1) is 9.57. The highest BCUT2D eigenvalue weighted by atomic mass is 16.5. The van der Waals surface area contributed by atoms with Gasteiger partial charge in [-0.25, -0.2) is 0 Å². The van der Waals surface area contributed by atoms with Crippen LogP contribution in [0.3, 0.4) is 0 Å². The van der Waals surface area contributed by atoms with Gasteiger partial charge in [0.2, 0.25) is 0 Å². The van der Waals surface area contributed by atoms with Crippen LogP contribution in [0, 0.1) is 0 Å². The quantitative estimate of drug-likeness (QED) is 0.777. The molecule has 0 spiro atoms. The molecule has 0 amide bonds. The maximum Gasteiger partial charge on any atom is 0.138 e. The van der Waals surface area contributed by atoms with Crippen molar-refractivity contribution in [3.05, 3.63) is 42.0 Å². The summed E-state index contributed by atoms with van der Waals surface area (Å²) in [6.07, 6.45) is 7.11. The summed E-state index contributed by atoms with van der Waals surface area (Å²) in [5.74, 6) is 0.862. The average Bonchev–Trinajstić information content (AvgIpc) is 2.43. The summed E-state index contributed by atoms with van der Waals surface area (Å²) in [5, 5.41) is 13.2. The van der Waals surface area contributed by atoms with E-state index in [1.165, 1.54) is 0 Å². The van der Waals surface area contributed by atoms with Gasteiger partial charge in [0.15, 0.2) is 0 Å². The zero-order valence-corrected chi connectivity index (χ0v) is 11.9. The van der Waals surface area contributed by atoms with Crippen molar-refractivity contribution < 1.29 is 9.84 Å². The lowest BCUT2D eigenvalue weighted by molar-refractivity contribution is 0.0886. The monoisotopic (exact) mass is 275 g/mol. The fourth-order valence-electron chi connectivity index (χ4n) is 1.95. The molecule has 2 rings (SSSR count). The van der Waals surface area contributed by atoms with Gasteiger partial charge in [-0.2, -0.15) is 0 Å². The first kappa shape index (κ1) is 14.7. The standard InChI is InChI=1S/C15H21N3O2/c1-15(2)11-18-9-13(20-15)5-7-17-10-14(19)12-4-3-6-16-8-12/h3-4,6,8-9,11,14,17,19H,5,7,10H2,1-2H3/t14-/m0/s1. The molecule has 0 saturated carbocycles. The fourth-order valence-corrected chi connectivity index (χ4v) is 1.95. The van der Waals surface area contributed by atoms with Gasteiger partial charge in [0.25, 0.3) is 0 Å². The molecule has 2 N–H and O–H groups in total. The van der Waals surface area contributed by atoms with Crippen molar-refractivity contribution in [2.75, 3.05) is 13.1 Å². The van der Waals surface area contributed by atoms with Gasteiger partial charge in [-0.05, 0) is 19.9 Å². The Morgan fingerprint density at radius 2 is 2.30 bits per heavy atom.